The Balaban J connectivity index is 1.75. The molecule has 4 rings (SSSR count). The van der Waals surface area contributed by atoms with Crippen LogP contribution in [0.5, 0.6) is 0 Å². The topological polar surface area (TPSA) is 46.8 Å². The molecule has 3 aromatic rings. The molecule has 28 heavy (non-hydrogen) atoms. The molecule has 5 nitrogen and oxygen atoms in total. The van der Waals surface area contributed by atoms with E-state index in [9.17, 15) is 13.6 Å². The summed E-state index contributed by atoms with van der Waals surface area (Å²) in [6.07, 6.45) is 5.92. The Kier molecular flexibility index (Phi) is 4.98. The first-order valence-electron chi connectivity index (χ1n) is 9.44. The average molecular weight is 385 g/mol. The molecule has 1 fully saturated rings. The molecule has 1 atom stereocenters. The summed E-state index contributed by atoms with van der Waals surface area (Å²) < 4.78 is 35.0. The summed E-state index contributed by atoms with van der Waals surface area (Å²) >= 11 is 0. The van der Waals surface area contributed by atoms with Crippen LogP contribution in [-0.4, -0.2) is 28.5 Å². The summed E-state index contributed by atoms with van der Waals surface area (Å²) in [5.41, 5.74) is 2.14. The monoisotopic (exact) mass is 385 g/mol. The van der Waals surface area contributed by atoms with E-state index >= 15 is 0 Å². The van der Waals surface area contributed by atoms with Crippen LogP contribution in [0.1, 0.15) is 48.3 Å². The lowest BCUT2D eigenvalue weighted by Crippen LogP contribution is -2.34. The smallest absolute Gasteiger partial charge is 0.356 e. The molecule has 0 amide bonds. The fraction of sp³-hybridized carbons (Fsp3) is 0.333. The van der Waals surface area contributed by atoms with E-state index in [1.54, 1.807) is 11.3 Å². The number of aromatic nitrogens is 2. The van der Waals surface area contributed by atoms with Gasteiger partial charge in [-0.2, -0.15) is 0 Å². The SMILES string of the molecule is CCOC(=O)c1cnc2ccc(N3CCCCC3c3cc(F)ccc3F)cn12. The van der Waals surface area contributed by atoms with E-state index < -0.39 is 17.6 Å². The lowest BCUT2D eigenvalue weighted by molar-refractivity contribution is 0.0518. The molecular weight excluding hydrogens is 364 g/mol. The third-order valence-corrected chi connectivity index (χ3v) is 5.13. The number of nitrogens with zero attached hydrogens (tertiary/aromatic N) is 3. The quantitative estimate of drug-likeness (QED) is 0.620. The fourth-order valence-electron chi connectivity index (χ4n) is 3.83. The fourth-order valence-corrected chi connectivity index (χ4v) is 3.83. The lowest BCUT2D eigenvalue weighted by Gasteiger charge is -2.38. The minimum absolute atomic E-state index is 0.267. The molecule has 0 bridgehead atoms. The van der Waals surface area contributed by atoms with Crippen molar-refractivity contribution in [1.82, 2.24) is 9.38 Å². The van der Waals surface area contributed by atoms with Gasteiger partial charge < -0.3 is 9.64 Å². The molecule has 2 aromatic heterocycles. The Morgan fingerprint density at radius 3 is 2.93 bits per heavy atom. The highest BCUT2D eigenvalue weighted by atomic mass is 19.1. The van der Waals surface area contributed by atoms with E-state index in [1.807, 2.05) is 18.3 Å². The largest absolute Gasteiger partial charge is 0.461 e. The summed E-state index contributed by atoms with van der Waals surface area (Å²) in [5, 5.41) is 0. The molecule has 3 heterocycles. The normalized spacial score (nSPS) is 17.1. The number of ether oxygens (including phenoxy) is 1. The second-order valence-electron chi connectivity index (χ2n) is 6.85. The molecule has 7 heteroatoms. The van der Waals surface area contributed by atoms with Gasteiger partial charge in [-0.05, 0) is 56.5 Å². The molecular formula is C21H21F2N3O2. The van der Waals surface area contributed by atoms with Crippen LogP contribution in [0.3, 0.4) is 0 Å². The third kappa shape index (κ3) is 3.32. The third-order valence-electron chi connectivity index (χ3n) is 5.13. The minimum atomic E-state index is -0.448. The van der Waals surface area contributed by atoms with E-state index in [0.29, 0.717) is 16.9 Å². The molecule has 146 valence electrons. The van der Waals surface area contributed by atoms with Crippen LogP contribution < -0.4 is 4.90 Å². The van der Waals surface area contributed by atoms with Gasteiger partial charge in [0.05, 0.1) is 24.5 Å². The average Bonchev–Trinajstić information content (AvgIpc) is 3.13. The van der Waals surface area contributed by atoms with Gasteiger partial charge in [-0.25, -0.2) is 18.6 Å². The van der Waals surface area contributed by atoms with Gasteiger partial charge in [0.2, 0.25) is 0 Å². The van der Waals surface area contributed by atoms with Gasteiger partial charge in [-0.3, -0.25) is 4.40 Å². The predicted molar refractivity (Wildman–Crippen MR) is 101 cm³/mol. The maximum Gasteiger partial charge on any atom is 0.356 e. The van der Waals surface area contributed by atoms with Crippen molar-refractivity contribution in [3.05, 3.63) is 65.6 Å². The van der Waals surface area contributed by atoms with E-state index in [4.69, 9.17) is 4.74 Å². The summed E-state index contributed by atoms with van der Waals surface area (Å²) in [6, 6.07) is 7.03. The number of esters is 1. The Bertz CT molecular complexity index is 1020. The van der Waals surface area contributed by atoms with Crippen LogP contribution in [0.25, 0.3) is 5.65 Å². The highest BCUT2D eigenvalue weighted by Gasteiger charge is 2.27. The number of fused-ring (bicyclic) bond motifs is 1. The molecule has 0 radical (unpaired) electrons. The van der Waals surface area contributed by atoms with Crippen molar-refractivity contribution in [2.24, 2.45) is 0 Å². The molecule has 1 aromatic carbocycles. The highest BCUT2D eigenvalue weighted by molar-refractivity contribution is 5.88. The number of halogens is 2. The van der Waals surface area contributed by atoms with E-state index in [2.05, 4.69) is 9.88 Å². The molecule has 0 N–H and O–H groups in total. The molecule has 0 aliphatic carbocycles. The van der Waals surface area contributed by atoms with Crippen molar-refractivity contribution in [3.63, 3.8) is 0 Å². The Labute approximate surface area is 161 Å². The Morgan fingerprint density at radius 2 is 2.11 bits per heavy atom. The Morgan fingerprint density at radius 1 is 1.25 bits per heavy atom. The summed E-state index contributed by atoms with van der Waals surface area (Å²) in [7, 11) is 0. The van der Waals surface area contributed by atoms with Crippen LogP contribution in [-0.2, 0) is 4.74 Å². The van der Waals surface area contributed by atoms with Crippen molar-refractivity contribution < 1.29 is 18.3 Å². The minimum Gasteiger partial charge on any atom is -0.461 e. The number of rotatable bonds is 4. The van der Waals surface area contributed by atoms with Gasteiger partial charge in [0.15, 0.2) is 5.69 Å². The van der Waals surface area contributed by atoms with Crippen molar-refractivity contribution in [2.75, 3.05) is 18.1 Å². The standard InChI is InChI=1S/C21H21F2N3O2/c1-2-28-21(27)19-12-24-20-9-7-15(13-26(19)20)25-10-4-3-5-18(25)16-11-14(22)6-8-17(16)23/h6-9,11-13,18H,2-5,10H2,1H3. The first kappa shape index (κ1) is 18.4. The van der Waals surface area contributed by atoms with Crippen LogP contribution in [0.2, 0.25) is 0 Å². The molecule has 1 saturated heterocycles. The van der Waals surface area contributed by atoms with Crippen molar-refractivity contribution in [1.29, 1.82) is 0 Å². The molecule has 1 aliphatic rings. The number of hydrogen-bond donors (Lipinski definition) is 0. The predicted octanol–water partition coefficient (Wildman–Crippen LogP) is 4.52. The molecule has 0 spiro atoms. The maximum atomic E-state index is 14.4. The first-order chi connectivity index (χ1) is 13.6. The van der Waals surface area contributed by atoms with E-state index in [1.165, 1.54) is 18.3 Å². The van der Waals surface area contributed by atoms with Gasteiger partial charge in [-0.1, -0.05) is 0 Å². The second-order valence-corrected chi connectivity index (χ2v) is 6.85. The van der Waals surface area contributed by atoms with Gasteiger partial charge in [-0.15, -0.1) is 0 Å². The van der Waals surface area contributed by atoms with Crippen molar-refractivity contribution in [3.8, 4) is 0 Å². The summed E-state index contributed by atoms with van der Waals surface area (Å²) in [5.74, 6) is -1.30. The van der Waals surface area contributed by atoms with Gasteiger partial charge >= 0.3 is 5.97 Å². The van der Waals surface area contributed by atoms with Gasteiger partial charge in [0, 0.05) is 18.3 Å². The van der Waals surface area contributed by atoms with Crippen LogP contribution >= 0.6 is 0 Å². The lowest BCUT2D eigenvalue weighted by atomic mass is 9.94. The Hall–Kier alpha value is -2.96. The number of carbonyl (C=O) groups excluding carboxylic acids is 1. The van der Waals surface area contributed by atoms with Crippen LogP contribution in [0.15, 0.2) is 42.7 Å². The van der Waals surface area contributed by atoms with Crippen LogP contribution in [0.4, 0.5) is 14.5 Å². The highest BCUT2D eigenvalue weighted by Crippen LogP contribution is 2.36. The zero-order valence-electron chi connectivity index (χ0n) is 15.6. The number of benzene rings is 1. The summed E-state index contributed by atoms with van der Waals surface area (Å²) in [6.45, 7) is 2.74. The van der Waals surface area contributed by atoms with Gasteiger partial charge in [0.1, 0.15) is 17.3 Å². The number of imidazole rings is 1. The van der Waals surface area contributed by atoms with E-state index in [-0.39, 0.29) is 12.6 Å². The molecule has 0 saturated carbocycles. The number of anilines is 1. The number of carbonyl (C=O) groups is 1. The second kappa shape index (κ2) is 7.58. The van der Waals surface area contributed by atoms with Crippen LogP contribution in [0, 0.1) is 11.6 Å². The molecule has 1 unspecified atom stereocenters. The van der Waals surface area contributed by atoms with Crippen molar-refractivity contribution in [2.45, 2.75) is 32.2 Å². The van der Waals surface area contributed by atoms with Gasteiger partial charge in [0.25, 0.3) is 0 Å². The first-order valence-corrected chi connectivity index (χ1v) is 9.44. The molecule has 1 aliphatic heterocycles. The number of pyridine rings is 1. The summed E-state index contributed by atoms with van der Waals surface area (Å²) in [4.78, 5) is 18.5. The zero-order valence-corrected chi connectivity index (χ0v) is 15.6. The number of piperidine rings is 1. The van der Waals surface area contributed by atoms with Crippen molar-refractivity contribution >= 4 is 17.3 Å². The van der Waals surface area contributed by atoms with E-state index in [0.717, 1.165) is 37.6 Å². The maximum absolute atomic E-state index is 14.4. The zero-order chi connectivity index (χ0) is 19.7. The number of hydrogen-bond acceptors (Lipinski definition) is 4.